The molecule has 0 radical (unpaired) electrons. The van der Waals surface area contributed by atoms with E-state index in [0.717, 1.165) is 11.1 Å². The van der Waals surface area contributed by atoms with E-state index in [1.54, 1.807) is 0 Å². The molecule has 100 valence electrons. The molecule has 3 heteroatoms. The first kappa shape index (κ1) is 14.8. The molecule has 0 aliphatic rings. The minimum atomic E-state index is -0.482. The van der Waals surface area contributed by atoms with Crippen LogP contribution in [0.15, 0.2) is 30.3 Å². The fourth-order valence-corrected chi connectivity index (χ4v) is 1.42. The number of nitrogens with one attached hydrogen (secondary N) is 1. The maximum absolute atomic E-state index is 11.4. The highest BCUT2D eigenvalue weighted by Gasteiger charge is 2.14. The summed E-state index contributed by atoms with van der Waals surface area (Å²) in [7, 11) is 0. The fourth-order valence-electron chi connectivity index (χ4n) is 1.42. The predicted octanol–water partition coefficient (Wildman–Crippen LogP) is 3.21. The lowest BCUT2D eigenvalue weighted by molar-refractivity contribution is 0.0534. The number of ether oxygens (including phenoxy) is 1. The Hall–Kier alpha value is -2.21. The SMILES string of the molecule is C#Cc1ccccc1C=CCNC(=O)OC(C)(C)C. The lowest BCUT2D eigenvalue weighted by atomic mass is 10.1. The molecule has 1 aromatic carbocycles. The molecule has 1 amide bonds. The number of terminal acetylenes is 1. The van der Waals surface area contributed by atoms with Crippen molar-refractivity contribution in [3.63, 3.8) is 0 Å². The first-order chi connectivity index (χ1) is 8.92. The minimum Gasteiger partial charge on any atom is -0.444 e. The van der Waals surface area contributed by atoms with Crippen LogP contribution in [0.1, 0.15) is 31.9 Å². The molecule has 0 unspecified atom stereocenters. The summed E-state index contributed by atoms with van der Waals surface area (Å²) >= 11 is 0. The highest BCUT2D eigenvalue weighted by atomic mass is 16.6. The van der Waals surface area contributed by atoms with Gasteiger partial charge in [-0.1, -0.05) is 36.3 Å². The van der Waals surface area contributed by atoms with Crippen LogP contribution in [-0.2, 0) is 4.74 Å². The zero-order chi connectivity index (χ0) is 14.3. The molecule has 0 saturated carbocycles. The summed E-state index contributed by atoms with van der Waals surface area (Å²) in [6.45, 7) is 5.87. The van der Waals surface area contributed by atoms with E-state index in [1.165, 1.54) is 0 Å². The third-order valence-electron chi connectivity index (χ3n) is 2.18. The molecule has 0 bridgehead atoms. The second-order valence-corrected chi connectivity index (χ2v) is 5.02. The van der Waals surface area contributed by atoms with E-state index in [1.807, 2.05) is 57.2 Å². The van der Waals surface area contributed by atoms with Crippen LogP contribution in [0.2, 0.25) is 0 Å². The Bertz CT molecular complexity index is 504. The fraction of sp³-hybridized carbons (Fsp3) is 0.312. The molecule has 1 rings (SSSR count). The molecular formula is C16H19NO2. The van der Waals surface area contributed by atoms with E-state index in [2.05, 4.69) is 11.2 Å². The summed E-state index contributed by atoms with van der Waals surface area (Å²) in [5, 5.41) is 2.65. The number of benzene rings is 1. The van der Waals surface area contributed by atoms with Crippen LogP contribution < -0.4 is 5.32 Å². The summed E-state index contributed by atoms with van der Waals surface area (Å²) in [6, 6.07) is 7.62. The largest absolute Gasteiger partial charge is 0.444 e. The number of alkyl carbamates (subject to hydrolysis) is 1. The molecule has 0 heterocycles. The molecule has 1 aromatic rings. The molecular weight excluding hydrogens is 238 g/mol. The first-order valence-electron chi connectivity index (χ1n) is 6.11. The number of carbonyl (C=O) groups excluding carboxylic acids is 1. The standard InChI is InChI=1S/C16H19NO2/c1-5-13-9-6-7-10-14(13)11-8-12-17-15(18)19-16(2,3)4/h1,6-11H,12H2,2-4H3,(H,17,18). The molecule has 1 N–H and O–H groups in total. The highest BCUT2D eigenvalue weighted by molar-refractivity contribution is 5.68. The molecule has 3 nitrogen and oxygen atoms in total. The van der Waals surface area contributed by atoms with Gasteiger partial charge in [0.1, 0.15) is 5.60 Å². The van der Waals surface area contributed by atoms with E-state index in [0.29, 0.717) is 6.54 Å². The Morgan fingerprint density at radius 2 is 2.11 bits per heavy atom. The second-order valence-electron chi connectivity index (χ2n) is 5.02. The van der Waals surface area contributed by atoms with Crippen molar-refractivity contribution in [3.05, 3.63) is 41.5 Å². The van der Waals surface area contributed by atoms with Crippen molar-refractivity contribution < 1.29 is 9.53 Å². The predicted molar refractivity (Wildman–Crippen MR) is 77.6 cm³/mol. The van der Waals surface area contributed by atoms with E-state index < -0.39 is 11.7 Å². The smallest absolute Gasteiger partial charge is 0.407 e. The number of hydrogen-bond acceptors (Lipinski definition) is 2. The summed E-state index contributed by atoms with van der Waals surface area (Å²) in [6.07, 6.45) is 8.69. The second kappa shape index (κ2) is 6.65. The van der Waals surface area contributed by atoms with Gasteiger partial charge in [-0.2, -0.15) is 0 Å². The molecule has 19 heavy (non-hydrogen) atoms. The topological polar surface area (TPSA) is 38.3 Å². The molecule has 0 spiro atoms. The van der Waals surface area contributed by atoms with Gasteiger partial charge in [-0.25, -0.2) is 4.79 Å². The zero-order valence-corrected chi connectivity index (χ0v) is 11.6. The molecule has 0 atom stereocenters. The summed E-state index contributed by atoms with van der Waals surface area (Å²) < 4.78 is 5.12. The average molecular weight is 257 g/mol. The Morgan fingerprint density at radius 1 is 1.42 bits per heavy atom. The van der Waals surface area contributed by atoms with Gasteiger partial charge >= 0.3 is 6.09 Å². The first-order valence-corrected chi connectivity index (χ1v) is 6.11. The lowest BCUT2D eigenvalue weighted by Crippen LogP contribution is -2.32. The Morgan fingerprint density at radius 3 is 2.74 bits per heavy atom. The Labute approximate surface area is 114 Å². The summed E-state index contributed by atoms with van der Waals surface area (Å²) in [5.74, 6) is 2.61. The quantitative estimate of drug-likeness (QED) is 0.844. The third kappa shape index (κ3) is 5.78. The molecule has 0 fully saturated rings. The van der Waals surface area contributed by atoms with Gasteiger partial charge in [0.2, 0.25) is 0 Å². The van der Waals surface area contributed by atoms with E-state index in [4.69, 9.17) is 11.2 Å². The van der Waals surface area contributed by atoms with Crippen molar-refractivity contribution in [2.75, 3.05) is 6.54 Å². The van der Waals surface area contributed by atoms with Gasteiger partial charge in [0, 0.05) is 12.1 Å². The van der Waals surface area contributed by atoms with Gasteiger partial charge in [0.05, 0.1) is 0 Å². The van der Waals surface area contributed by atoms with Crippen molar-refractivity contribution in [2.24, 2.45) is 0 Å². The monoisotopic (exact) mass is 257 g/mol. The van der Waals surface area contributed by atoms with Crippen LogP contribution in [-0.4, -0.2) is 18.2 Å². The maximum Gasteiger partial charge on any atom is 0.407 e. The zero-order valence-electron chi connectivity index (χ0n) is 11.6. The van der Waals surface area contributed by atoms with Crippen LogP contribution in [0, 0.1) is 12.3 Å². The molecule has 0 aliphatic heterocycles. The van der Waals surface area contributed by atoms with Crippen LogP contribution in [0.5, 0.6) is 0 Å². The van der Waals surface area contributed by atoms with Crippen molar-refractivity contribution in [1.82, 2.24) is 5.32 Å². The van der Waals surface area contributed by atoms with Crippen molar-refractivity contribution >= 4 is 12.2 Å². The molecule has 0 aliphatic carbocycles. The normalized spacial score (nSPS) is 11.1. The third-order valence-corrected chi connectivity index (χ3v) is 2.18. The van der Waals surface area contributed by atoms with Gasteiger partial charge in [-0.15, -0.1) is 6.42 Å². The van der Waals surface area contributed by atoms with Crippen molar-refractivity contribution in [3.8, 4) is 12.3 Å². The van der Waals surface area contributed by atoms with Gasteiger partial charge < -0.3 is 10.1 Å². The number of carbonyl (C=O) groups is 1. The highest BCUT2D eigenvalue weighted by Crippen LogP contribution is 2.09. The molecule has 0 aromatic heterocycles. The van der Waals surface area contributed by atoms with E-state index in [9.17, 15) is 4.79 Å². The van der Waals surface area contributed by atoms with E-state index in [-0.39, 0.29) is 0 Å². The van der Waals surface area contributed by atoms with Crippen molar-refractivity contribution in [2.45, 2.75) is 26.4 Å². The number of hydrogen-bond donors (Lipinski definition) is 1. The van der Waals surface area contributed by atoms with Gasteiger partial charge in [0.15, 0.2) is 0 Å². The average Bonchev–Trinajstić information content (AvgIpc) is 2.33. The molecule has 0 saturated heterocycles. The van der Waals surface area contributed by atoms with Crippen LogP contribution in [0.3, 0.4) is 0 Å². The summed E-state index contributed by atoms with van der Waals surface area (Å²) in [4.78, 5) is 11.4. The lowest BCUT2D eigenvalue weighted by Gasteiger charge is -2.19. The van der Waals surface area contributed by atoms with Crippen molar-refractivity contribution in [1.29, 1.82) is 0 Å². The number of amides is 1. The van der Waals surface area contributed by atoms with E-state index >= 15 is 0 Å². The van der Waals surface area contributed by atoms with Gasteiger partial charge in [0.25, 0.3) is 0 Å². The Balaban J connectivity index is 2.47. The van der Waals surface area contributed by atoms with Crippen LogP contribution in [0.4, 0.5) is 4.79 Å². The maximum atomic E-state index is 11.4. The minimum absolute atomic E-state index is 0.397. The Kier molecular flexibility index (Phi) is 5.20. The summed E-state index contributed by atoms with van der Waals surface area (Å²) in [5.41, 5.74) is 1.30. The van der Waals surface area contributed by atoms with Gasteiger partial charge in [-0.05, 0) is 32.4 Å². The van der Waals surface area contributed by atoms with Crippen LogP contribution >= 0.6 is 0 Å². The van der Waals surface area contributed by atoms with Crippen LogP contribution in [0.25, 0.3) is 6.08 Å². The van der Waals surface area contributed by atoms with Gasteiger partial charge in [-0.3, -0.25) is 0 Å². The number of rotatable bonds is 3.